The smallest absolute Gasteiger partial charge is 0.292 e. The molecule has 15 heteroatoms. The number of sulfonamides is 1. The number of nitriles is 1. The summed E-state index contributed by atoms with van der Waals surface area (Å²) in [6, 6.07) is 4.64. The van der Waals surface area contributed by atoms with Crippen molar-refractivity contribution in [1.29, 1.82) is 5.26 Å². The number of primary sulfonamides is 1. The molecule has 6 aliphatic rings. The molecule has 2 aromatic carbocycles. The first-order valence-corrected chi connectivity index (χ1v) is 23.7. The Labute approximate surface area is 331 Å². The molecule has 1 amide bonds. The lowest BCUT2D eigenvalue weighted by atomic mass is 9.98. The number of piperidine rings is 2. The number of fused-ring (bicyclic) bond motifs is 4. The van der Waals surface area contributed by atoms with Gasteiger partial charge in [-0.1, -0.05) is 12.1 Å². The topological polar surface area (TPSA) is 163 Å². The molecule has 2 fully saturated rings. The number of halogens is 2. The highest BCUT2D eigenvalue weighted by atomic mass is 32.2. The van der Waals surface area contributed by atoms with Crippen LogP contribution in [0.5, 0.6) is 5.75 Å². The van der Waals surface area contributed by atoms with Crippen LogP contribution in [0, 0.1) is 11.5 Å². The Kier molecular flexibility index (Phi) is 14.4. The van der Waals surface area contributed by atoms with Gasteiger partial charge in [-0.25, -0.2) is 30.8 Å². The molecule has 2 aliphatic heterocycles. The molecule has 2 aromatic rings. The number of benzene rings is 2. The monoisotopic (exact) mass is 817 g/mol. The molecule has 11 nitrogen and oxygen atoms in total. The Hall–Kier alpha value is -3.16. The number of anilines is 1. The maximum Gasteiger partial charge on any atom is 0.292 e. The number of nitrogens with two attached hydrogens (primary N) is 1. The van der Waals surface area contributed by atoms with Gasteiger partial charge in [0.15, 0.2) is 9.84 Å². The molecule has 0 unspecified atom stereocenters. The van der Waals surface area contributed by atoms with E-state index in [0.29, 0.717) is 65.0 Å². The number of carbonyl (C=O) groups excluding carboxylic acids is 1. The molecule has 56 heavy (non-hydrogen) atoms. The number of amides is 1. The van der Waals surface area contributed by atoms with Crippen molar-refractivity contribution in [3.05, 3.63) is 56.6 Å². The van der Waals surface area contributed by atoms with Crippen LogP contribution in [0.1, 0.15) is 95.9 Å². The minimum absolute atomic E-state index is 0.359. The van der Waals surface area contributed by atoms with Gasteiger partial charge in [0.05, 0.1) is 10.5 Å². The number of ether oxygens (including phenoxy) is 1. The van der Waals surface area contributed by atoms with Crippen LogP contribution in [0.2, 0.25) is 0 Å². The SMILES string of the molecule is N#COc1c2c(cc3c1CCC3)CCC2.NS(=O)(=O)C1CCN(CCF)CC1.O=C(CS(=O)(=O)C1CCN(CCF)CC1)Nc1c2c(cc3c1CCC3)CCC2. The first-order chi connectivity index (χ1) is 26.9. The van der Waals surface area contributed by atoms with E-state index in [1.807, 2.05) is 16.1 Å². The van der Waals surface area contributed by atoms with Crippen LogP contribution in [-0.4, -0.2) is 101 Å². The van der Waals surface area contributed by atoms with E-state index in [2.05, 4.69) is 17.4 Å². The summed E-state index contributed by atoms with van der Waals surface area (Å²) in [6.07, 6.45) is 16.9. The number of nitrogens with zero attached hydrogens (tertiary/aromatic N) is 3. The Morgan fingerprint density at radius 2 is 1.12 bits per heavy atom. The quantitative estimate of drug-likeness (QED) is 0.324. The van der Waals surface area contributed by atoms with Crippen LogP contribution in [0.3, 0.4) is 0 Å². The van der Waals surface area contributed by atoms with Crippen molar-refractivity contribution in [3.8, 4) is 12.0 Å². The highest BCUT2D eigenvalue weighted by Crippen LogP contribution is 2.40. The number of hydrogen-bond donors (Lipinski definition) is 2. The number of likely N-dealkylation sites (tertiary alicyclic amines) is 2. The number of alkyl halides is 2. The molecule has 2 saturated heterocycles. The van der Waals surface area contributed by atoms with Crippen LogP contribution in [0.15, 0.2) is 12.1 Å². The van der Waals surface area contributed by atoms with Crippen molar-refractivity contribution in [1.82, 2.24) is 9.80 Å². The molecule has 0 atom stereocenters. The standard InChI is InChI=1S/C21H29FN2O3S.C13H13NO.C7H15FN2O2S/c22-9-12-24-10-7-17(8-11-24)28(26,27)14-20(25)23-21-18-5-1-3-15(18)13-16-4-2-6-19(16)21;14-8-15-13-11-5-1-3-9(11)7-10-4-2-6-12(10)13;8-3-6-10-4-1-7(2-5-10)13(9,11)12/h13,17H,1-12,14H2,(H,23,25);7H,1-6H2;7H,1-6H2,(H2,9,11,12). The van der Waals surface area contributed by atoms with E-state index in [0.717, 1.165) is 75.6 Å². The van der Waals surface area contributed by atoms with Gasteiger partial charge in [-0.3, -0.25) is 4.79 Å². The van der Waals surface area contributed by atoms with E-state index in [1.54, 1.807) is 0 Å². The van der Waals surface area contributed by atoms with Gasteiger partial charge in [0.2, 0.25) is 15.9 Å². The van der Waals surface area contributed by atoms with E-state index < -0.39 is 48.7 Å². The van der Waals surface area contributed by atoms with E-state index in [1.165, 1.54) is 57.3 Å². The van der Waals surface area contributed by atoms with Crippen molar-refractivity contribution in [2.75, 3.05) is 63.7 Å². The van der Waals surface area contributed by atoms with Crippen molar-refractivity contribution < 1.29 is 35.1 Å². The van der Waals surface area contributed by atoms with Crippen molar-refractivity contribution in [3.63, 3.8) is 0 Å². The van der Waals surface area contributed by atoms with Crippen LogP contribution >= 0.6 is 0 Å². The highest BCUT2D eigenvalue weighted by molar-refractivity contribution is 7.92. The minimum atomic E-state index is -3.50. The number of sulfone groups is 1. The fourth-order valence-corrected chi connectivity index (χ4v) is 12.0. The van der Waals surface area contributed by atoms with E-state index in [4.69, 9.17) is 15.1 Å². The largest absolute Gasteiger partial charge is 0.387 e. The summed E-state index contributed by atoms with van der Waals surface area (Å²) in [5.41, 5.74) is 11.4. The molecular formula is C41H57F2N5O6S2. The maximum absolute atomic E-state index is 12.8. The number of aryl methyl sites for hydroxylation is 4. The van der Waals surface area contributed by atoms with Crippen LogP contribution < -0.4 is 15.2 Å². The van der Waals surface area contributed by atoms with Crippen molar-refractivity contribution in [2.24, 2.45) is 5.14 Å². The Morgan fingerprint density at radius 3 is 1.54 bits per heavy atom. The lowest BCUT2D eigenvalue weighted by molar-refractivity contribution is -0.113. The number of nitrogens with one attached hydrogen (secondary N) is 1. The number of carbonyl (C=O) groups is 1. The van der Waals surface area contributed by atoms with E-state index in [-0.39, 0.29) is 6.67 Å². The van der Waals surface area contributed by atoms with E-state index >= 15 is 0 Å². The van der Waals surface area contributed by atoms with Gasteiger partial charge in [0.1, 0.15) is 24.9 Å². The zero-order chi connectivity index (χ0) is 39.9. The molecule has 308 valence electrons. The zero-order valence-corrected chi connectivity index (χ0v) is 34.1. The molecule has 8 rings (SSSR count). The van der Waals surface area contributed by atoms with Crippen molar-refractivity contribution >= 4 is 31.5 Å². The number of rotatable bonds is 10. The molecule has 3 N–H and O–H groups in total. The molecular weight excluding hydrogens is 761 g/mol. The minimum Gasteiger partial charge on any atom is -0.387 e. The first kappa shape index (κ1) is 42.4. The lowest BCUT2D eigenvalue weighted by Crippen LogP contribution is -2.42. The average molecular weight is 818 g/mol. The van der Waals surface area contributed by atoms with Crippen LogP contribution in [0.4, 0.5) is 14.5 Å². The predicted molar refractivity (Wildman–Crippen MR) is 214 cm³/mol. The molecule has 0 spiro atoms. The van der Waals surface area contributed by atoms with Gasteiger partial charge in [-0.2, -0.15) is 0 Å². The Bertz CT molecular complexity index is 1920. The fourth-order valence-electron chi connectivity index (χ4n) is 9.57. The molecule has 0 radical (unpaired) electrons. The van der Waals surface area contributed by atoms with Crippen LogP contribution in [-0.2, 0) is 76.0 Å². The molecule has 2 heterocycles. The molecule has 0 aromatic heterocycles. The summed E-state index contributed by atoms with van der Waals surface area (Å²) in [4.78, 5) is 16.6. The average Bonchev–Trinajstić information content (AvgIpc) is 4.00. The third-order valence-electron chi connectivity index (χ3n) is 12.5. The van der Waals surface area contributed by atoms with Gasteiger partial charge < -0.3 is 19.9 Å². The fraction of sp³-hybridized carbons (Fsp3) is 0.659. The second-order valence-electron chi connectivity index (χ2n) is 16.0. The number of hydrogen-bond acceptors (Lipinski definition) is 9. The summed E-state index contributed by atoms with van der Waals surface area (Å²) in [5.74, 6) is 0.0275. The van der Waals surface area contributed by atoms with Crippen LogP contribution in [0.25, 0.3) is 0 Å². The first-order valence-electron chi connectivity index (χ1n) is 20.4. The highest BCUT2D eigenvalue weighted by Gasteiger charge is 2.33. The predicted octanol–water partition coefficient (Wildman–Crippen LogP) is 4.68. The summed E-state index contributed by atoms with van der Waals surface area (Å²) in [5, 5.41) is 15.8. The third kappa shape index (κ3) is 10.3. The van der Waals surface area contributed by atoms with Gasteiger partial charge >= 0.3 is 0 Å². The molecule has 0 saturated carbocycles. The second-order valence-corrected chi connectivity index (χ2v) is 20.1. The summed E-state index contributed by atoms with van der Waals surface area (Å²) < 4.78 is 77.0. The molecule has 0 bridgehead atoms. The van der Waals surface area contributed by atoms with Gasteiger partial charge in [0.25, 0.3) is 6.26 Å². The summed E-state index contributed by atoms with van der Waals surface area (Å²) in [7, 11) is -6.89. The van der Waals surface area contributed by atoms with E-state index in [9.17, 15) is 30.4 Å². The second kappa shape index (κ2) is 19.1. The lowest BCUT2D eigenvalue weighted by Gasteiger charge is -2.30. The Morgan fingerprint density at radius 1 is 0.714 bits per heavy atom. The molecule has 4 aliphatic carbocycles. The Balaban J connectivity index is 0.000000159. The third-order valence-corrected chi connectivity index (χ3v) is 16.0. The van der Waals surface area contributed by atoms with Gasteiger partial charge in [-0.05, 0) is 173 Å². The van der Waals surface area contributed by atoms with Gasteiger partial charge in [-0.15, -0.1) is 5.26 Å². The van der Waals surface area contributed by atoms with Crippen molar-refractivity contribution in [2.45, 2.75) is 113 Å². The summed E-state index contributed by atoms with van der Waals surface area (Å²) >= 11 is 0. The van der Waals surface area contributed by atoms with Gasteiger partial charge in [0, 0.05) is 18.8 Å². The zero-order valence-electron chi connectivity index (χ0n) is 32.4. The normalized spacial score (nSPS) is 19.8. The maximum atomic E-state index is 12.8. The summed E-state index contributed by atoms with van der Waals surface area (Å²) in [6.45, 7) is 2.39.